The van der Waals surface area contributed by atoms with Crippen molar-refractivity contribution < 1.29 is 9.59 Å². The summed E-state index contributed by atoms with van der Waals surface area (Å²) in [4.78, 5) is 39.2. The molecular formula is C22H24N4O2. The van der Waals surface area contributed by atoms with Gasteiger partial charge in [0.25, 0.3) is 5.91 Å². The molecule has 3 heterocycles. The number of aryl methyl sites for hydroxylation is 2. The normalized spacial score (nSPS) is 19.8. The van der Waals surface area contributed by atoms with E-state index in [9.17, 15) is 9.59 Å². The van der Waals surface area contributed by atoms with Gasteiger partial charge in [-0.05, 0) is 44.7 Å². The Kier molecular flexibility index (Phi) is 4.07. The van der Waals surface area contributed by atoms with Crippen LogP contribution in [-0.4, -0.2) is 44.6 Å². The number of hydrogen-bond acceptors (Lipinski definition) is 3. The molecule has 1 saturated heterocycles. The van der Waals surface area contributed by atoms with Gasteiger partial charge in [-0.2, -0.15) is 0 Å². The van der Waals surface area contributed by atoms with E-state index in [1.165, 1.54) is 0 Å². The number of ketones is 1. The topological polar surface area (TPSA) is 81.8 Å². The first-order chi connectivity index (χ1) is 13.6. The zero-order chi connectivity index (χ0) is 19.3. The molecule has 3 aromatic rings. The van der Waals surface area contributed by atoms with Gasteiger partial charge in [0.15, 0.2) is 5.78 Å². The largest absolute Gasteiger partial charge is 0.361 e. The van der Waals surface area contributed by atoms with E-state index in [0.717, 1.165) is 60.5 Å². The minimum absolute atomic E-state index is 0.0222. The summed E-state index contributed by atoms with van der Waals surface area (Å²) in [6, 6.07) is 8.01. The first-order valence-electron chi connectivity index (χ1n) is 10.1. The van der Waals surface area contributed by atoms with Crippen molar-refractivity contribution in [3.8, 4) is 0 Å². The summed E-state index contributed by atoms with van der Waals surface area (Å²) in [5.41, 5.74) is 4.97. The maximum Gasteiger partial charge on any atom is 0.256 e. The van der Waals surface area contributed by atoms with Crippen LogP contribution in [0.1, 0.15) is 69.5 Å². The number of fused-ring (bicyclic) bond motifs is 2. The number of aromatic nitrogens is 3. The average molecular weight is 376 g/mol. The van der Waals surface area contributed by atoms with Gasteiger partial charge in [0.05, 0.1) is 22.2 Å². The monoisotopic (exact) mass is 376 g/mol. The summed E-state index contributed by atoms with van der Waals surface area (Å²) in [5, 5.41) is 0. The van der Waals surface area contributed by atoms with E-state index in [2.05, 4.69) is 9.97 Å². The summed E-state index contributed by atoms with van der Waals surface area (Å²) in [7, 11) is 0. The molecule has 6 nitrogen and oxygen atoms in total. The quantitative estimate of drug-likeness (QED) is 0.715. The lowest BCUT2D eigenvalue weighted by Gasteiger charge is -2.32. The van der Waals surface area contributed by atoms with Crippen LogP contribution in [0, 0.1) is 6.92 Å². The lowest BCUT2D eigenvalue weighted by molar-refractivity contribution is 0.0699. The molecular weight excluding hydrogens is 352 g/mol. The zero-order valence-electron chi connectivity index (χ0n) is 16.0. The van der Waals surface area contributed by atoms with E-state index in [1.807, 2.05) is 36.1 Å². The predicted octanol–water partition coefficient (Wildman–Crippen LogP) is 3.74. The molecule has 0 saturated carbocycles. The van der Waals surface area contributed by atoms with E-state index in [-0.39, 0.29) is 17.6 Å². The van der Waals surface area contributed by atoms with Crippen LogP contribution in [-0.2, 0) is 6.42 Å². The van der Waals surface area contributed by atoms with E-state index >= 15 is 0 Å². The molecule has 0 radical (unpaired) electrons. The Bertz CT molecular complexity index is 1040. The van der Waals surface area contributed by atoms with Crippen LogP contribution < -0.4 is 0 Å². The summed E-state index contributed by atoms with van der Waals surface area (Å²) >= 11 is 0. The Morgan fingerprint density at radius 2 is 2.04 bits per heavy atom. The van der Waals surface area contributed by atoms with Crippen molar-refractivity contribution in [2.45, 2.75) is 44.9 Å². The Hall–Kier alpha value is -2.89. The molecule has 0 unspecified atom stereocenters. The maximum absolute atomic E-state index is 13.4. The van der Waals surface area contributed by atoms with E-state index in [4.69, 9.17) is 4.98 Å². The highest BCUT2D eigenvalue weighted by Crippen LogP contribution is 2.31. The second-order valence-electron chi connectivity index (χ2n) is 7.98. The Labute approximate surface area is 163 Å². The van der Waals surface area contributed by atoms with Crippen molar-refractivity contribution >= 4 is 22.7 Å². The smallest absolute Gasteiger partial charge is 0.256 e. The molecule has 144 valence electrons. The summed E-state index contributed by atoms with van der Waals surface area (Å²) in [6.07, 6.45) is 4.18. The van der Waals surface area contributed by atoms with Crippen molar-refractivity contribution in [3.63, 3.8) is 0 Å². The van der Waals surface area contributed by atoms with Gasteiger partial charge in [0.1, 0.15) is 5.82 Å². The molecule has 2 N–H and O–H groups in total. The van der Waals surface area contributed by atoms with Crippen LogP contribution in [0.15, 0.2) is 24.3 Å². The van der Waals surface area contributed by atoms with Gasteiger partial charge >= 0.3 is 0 Å². The lowest BCUT2D eigenvalue weighted by atomic mass is 9.91. The minimum Gasteiger partial charge on any atom is -0.361 e. The second-order valence-corrected chi connectivity index (χ2v) is 7.98. The molecule has 1 fully saturated rings. The fraction of sp³-hybridized carbons (Fsp3) is 0.409. The highest BCUT2D eigenvalue weighted by molar-refractivity contribution is 6.10. The molecule has 0 bridgehead atoms. The van der Waals surface area contributed by atoms with Crippen molar-refractivity contribution in [2.24, 2.45) is 0 Å². The zero-order valence-corrected chi connectivity index (χ0v) is 16.0. The fourth-order valence-electron chi connectivity index (χ4n) is 4.71. The molecule has 1 aliphatic heterocycles. The number of likely N-dealkylation sites (tertiary alicyclic amines) is 1. The van der Waals surface area contributed by atoms with Crippen LogP contribution in [0.4, 0.5) is 0 Å². The lowest BCUT2D eigenvalue weighted by Crippen LogP contribution is -2.40. The third kappa shape index (κ3) is 2.75. The highest BCUT2D eigenvalue weighted by Gasteiger charge is 2.33. The molecule has 0 spiro atoms. The van der Waals surface area contributed by atoms with Gasteiger partial charge in [-0.15, -0.1) is 0 Å². The van der Waals surface area contributed by atoms with Gasteiger partial charge in [-0.3, -0.25) is 9.59 Å². The number of H-pyrrole nitrogens is 2. The third-order valence-electron chi connectivity index (χ3n) is 6.09. The number of carbonyl (C=O) groups excluding carboxylic acids is 2. The first kappa shape index (κ1) is 17.2. The second kappa shape index (κ2) is 6.62. The van der Waals surface area contributed by atoms with E-state index < -0.39 is 0 Å². The Balaban J connectivity index is 1.43. The predicted molar refractivity (Wildman–Crippen MR) is 107 cm³/mol. The molecule has 1 aromatic carbocycles. The first-order valence-corrected chi connectivity index (χ1v) is 10.1. The highest BCUT2D eigenvalue weighted by atomic mass is 16.2. The number of aromatic amines is 2. The van der Waals surface area contributed by atoms with Crippen molar-refractivity contribution in [2.75, 3.05) is 13.1 Å². The summed E-state index contributed by atoms with van der Waals surface area (Å²) < 4.78 is 0. The fourth-order valence-corrected chi connectivity index (χ4v) is 4.71. The van der Waals surface area contributed by atoms with E-state index in [0.29, 0.717) is 24.1 Å². The Morgan fingerprint density at radius 3 is 2.89 bits per heavy atom. The number of imidazole rings is 1. The standard InChI is InChI=1S/C22H24N4O2/c1-13-19(20-17(23-13)9-4-10-18(20)27)22(28)26-11-5-6-14(12-26)21-24-15-7-2-3-8-16(15)25-21/h2-3,7-8,14,23H,4-6,9-12H2,1H3,(H,24,25)/t14-/m1/s1. The summed E-state index contributed by atoms with van der Waals surface area (Å²) in [5.74, 6) is 1.21. The molecule has 28 heavy (non-hydrogen) atoms. The number of nitrogens with one attached hydrogen (secondary N) is 2. The van der Waals surface area contributed by atoms with Crippen LogP contribution in [0.5, 0.6) is 0 Å². The number of piperidine rings is 1. The van der Waals surface area contributed by atoms with Crippen LogP contribution >= 0.6 is 0 Å². The molecule has 2 aliphatic rings. The molecule has 1 atom stereocenters. The van der Waals surface area contributed by atoms with Gasteiger partial charge < -0.3 is 14.9 Å². The van der Waals surface area contributed by atoms with Crippen LogP contribution in [0.3, 0.4) is 0 Å². The minimum atomic E-state index is -0.0222. The SMILES string of the molecule is Cc1[nH]c2c(c1C(=O)N1CCC[C@@H](c3nc4ccccc4[nH]3)C1)C(=O)CCC2. The van der Waals surface area contributed by atoms with Crippen LogP contribution in [0.25, 0.3) is 11.0 Å². The number of para-hydroxylation sites is 2. The van der Waals surface area contributed by atoms with Gasteiger partial charge in [-0.25, -0.2) is 4.98 Å². The maximum atomic E-state index is 13.4. The molecule has 1 aliphatic carbocycles. The number of amides is 1. The number of hydrogen-bond donors (Lipinski definition) is 2. The molecule has 2 aromatic heterocycles. The van der Waals surface area contributed by atoms with Gasteiger partial charge in [0.2, 0.25) is 0 Å². The number of rotatable bonds is 2. The number of benzene rings is 1. The third-order valence-corrected chi connectivity index (χ3v) is 6.09. The van der Waals surface area contributed by atoms with Gasteiger partial charge in [-0.1, -0.05) is 12.1 Å². The van der Waals surface area contributed by atoms with Crippen molar-refractivity contribution in [3.05, 3.63) is 52.6 Å². The Morgan fingerprint density at radius 1 is 1.18 bits per heavy atom. The average Bonchev–Trinajstić information content (AvgIpc) is 3.29. The van der Waals surface area contributed by atoms with E-state index in [1.54, 1.807) is 0 Å². The molecule has 6 heteroatoms. The van der Waals surface area contributed by atoms with Crippen LogP contribution in [0.2, 0.25) is 0 Å². The van der Waals surface area contributed by atoms with Crippen molar-refractivity contribution in [1.82, 2.24) is 19.9 Å². The van der Waals surface area contributed by atoms with Gasteiger partial charge in [0, 0.05) is 36.8 Å². The summed E-state index contributed by atoms with van der Waals surface area (Å²) in [6.45, 7) is 3.26. The molecule has 1 amide bonds. The number of nitrogens with zero attached hydrogens (tertiary/aromatic N) is 2. The van der Waals surface area contributed by atoms with Crippen molar-refractivity contribution in [1.29, 1.82) is 0 Å². The molecule has 5 rings (SSSR count). The number of carbonyl (C=O) groups is 2. The number of Topliss-reactive ketones (excluding diaryl/α,β-unsaturated/α-hetero) is 1.